The highest BCUT2D eigenvalue weighted by molar-refractivity contribution is 7.09. The van der Waals surface area contributed by atoms with E-state index < -0.39 is 18.0 Å². The molecular weight excluding hydrogens is 438 g/mol. The molecule has 2 unspecified atom stereocenters. The van der Waals surface area contributed by atoms with Crippen LogP contribution in [0.2, 0.25) is 0 Å². The van der Waals surface area contributed by atoms with E-state index in [4.69, 9.17) is 4.98 Å². The molecule has 8 nitrogen and oxygen atoms in total. The van der Waals surface area contributed by atoms with E-state index in [1.807, 2.05) is 11.5 Å². The summed E-state index contributed by atoms with van der Waals surface area (Å²) in [7, 11) is 0. The maximum absolute atomic E-state index is 14.0. The summed E-state index contributed by atoms with van der Waals surface area (Å²) in [5, 5.41) is 0.601. The van der Waals surface area contributed by atoms with Crippen molar-refractivity contribution in [2.45, 2.75) is 39.0 Å². The Hall–Kier alpha value is -3.21. The third kappa shape index (κ3) is 3.36. The van der Waals surface area contributed by atoms with Crippen molar-refractivity contribution in [3.8, 4) is 10.8 Å². The SMILES string of the molecule is Cc1nsc(-c2nc(N3CC(F)CC3=O)c3n2CCN(C(=O)c2ccc(F)cc2)C3C)n1. The zero-order valence-corrected chi connectivity index (χ0v) is 18.3. The zero-order valence-electron chi connectivity index (χ0n) is 17.5. The molecule has 3 aromatic rings. The lowest BCUT2D eigenvalue weighted by Crippen LogP contribution is -2.42. The van der Waals surface area contributed by atoms with Gasteiger partial charge in [0, 0.05) is 18.7 Å². The number of amides is 2. The fourth-order valence-electron chi connectivity index (χ4n) is 4.29. The van der Waals surface area contributed by atoms with E-state index in [0.29, 0.717) is 46.8 Å². The number of aryl methyl sites for hydroxylation is 1. The predicted octanol–water partition coefficient (Wildman–Crippen LogP) is 3.14. The minimum Gasteiger partial charge on any atom is -0.328 e. The van der Waals surface area contributed by atoms with Crippen LogP contribution in [0.25, 0.3) is 10.8 Å². The molecule has 2 aliphatic heterocycles. The van der Waals surface area contributed by atoms with E-state index in [2.05, 4.69) is 9.36 Å². The zero-order chi connectivity index (χ0) is 22.6. The fraction of sp³-hybridized carbons (Fsp3) is 0.381. The third-order valence-electron chi connectivity index (χ3n) is 5.82. The van der Waals surface area contributed by atoms with E-state index in [9.17, 15) is 18.4 Å². The number of fused-ring (bicyclic) bond motifs is 1. The van der Waals surface area contributed by atoms with Crippen molar-refractivity contribution < 1.29 is 18.4 Å². The van der Waals surface area contributed by atoms with Gasteiger partial charge < -0.3 is 9.47 Å². The van der Waals surface area contributed by atoms with Crippen LogP contribution in [0.4, 0.5) is 14.6 Å². The molecule has 4 heterocycles. The molecule has 0 saturated carbocycles. The van der Waals surface area contributed by atoms with Crippen LogP contribution >= 0.6 is 11.5 Å². The summed E-state index contributed by atoms with van der Waals surface area (Å²) in [6, 6.07) is 4.95. The van der Waals surface area contributed by atoms with E-state index in [0.717, 1.165) is 0 Å². The Labute approximate surface area is 186 Å². The lowest BCUT2D eigenvalue weighted by Gasteiger charge is -2.36. The highest BCUT2D eigenvalue weighted by atomic mass is 32.1. The fourth-order valence-corrected chi connectivity index (χ4v) is 4.96. The van der Waals surface area contributed by atoms with Gasteiger partial charge in [-0.1, -0.05) is 0 Å². The number of carbonyl (C=O) groups is 2. The summed E-state index contributed by atoms with van der Waals surface area (Å²) < 4.78 is 33.5. The van der Waals surface area contributed by atoms with Crippen LogP contribution in [0, 0.1) is 12.7 Å². The van der Waals surface area contributed by atoms with Gasteiger partial charge in [-0.3, -0.25) is 14.5 Å². The Morgan fingerprint density at radius 1 is 1.19 bits per heavy atom. The first-order chi connectivity index (χ1) is 15.3. The van der Waals surface area contributed by atoms with Gasteiger partial charge in [-0.2, -0.15) is 4.37 Å². The first-order valence-corrected chi connectivity index (χ1v) is 11.0. The minimum absolute atomic E-state index is 0.0734. The van der Waals surface area contributed by atoms with Crippen molar-refractivity contribution in [2.24, 2.45) is 0 Å². The molecule has 0 N–H and O–H groups in total. The lowest BCUT2D eigenvalue weighted by molar-refractivity contribution is -0.117. The molecule has 11 heteroatoms. The first-order valence-electron chi connectivity index (χ1n) is 10.3. The van der Waals surface area contributed by atoms with Gasteiger partial charge in [0.15, 0.2) is 16.6 Å². The minimum atomic E-state index is -1.26. The summed E-state index contributed by atoms with van der Waals surface area (Å²) in [6.07, 6.45) is -1.45. The molecular formula is C21H20F2N6O2S. The maximum atomic E-state index is 14.0. The van der Waals surface area contributed by atoms with E-state index in [1.165, 1.54) is 40.7 Å². The molecule has 0 bridgehead atoms. The van der Waals surface area contributed by atoms with Gasteiger partial charge in [0.1, 0.15) is 17.8 Å². The van der Waals surface area contributed by atoms with Crippen molar-refractivity contribution in [3.05, 3.63) is 47.2 Å². The smallest absolute Gasteiger partial charge is 0.254 e. The number of hydrogen-bond donors (Lipinski definition) is 0. The molecule has 1 fully saturated rings. The van der Waals surface area contributed by atoms with Gasteiger partial charge in [-0.25, -0.2) is 18.7 Å². The molecule has 1 saturated heterocycles. The average Bonchev–Trinajstić information content (AvgIpc) is 3.45. The number of halogens is 2. The Balaban J connectivity index is 1.58. The molecule has 2 aromatic heterocycles. The predicted molar refractivity (Wildman–Crippen MR) is 114 cm³/mol. The third-order valence-corrected chi connectivity index (χ3v) is 6.62. The van der Waals surface area contributed by atoms with Crippen molar-refractivity contribution in [3.63, 3.8) is 0 Å². The van der Waals surface area contributed by atoms with Crippen LogP contribution in [-0.2, 0) is 11.3 Å². The molecule has 0 radical (unpaired) electrons. The van der Waals surface area contributed by atoms with E-state index in [-0.39, 0.29) is 24.8 Å². The summed E-state index contributed by atoms with van der Waals surface area (Å²) in [6.45, 7) is 4.37. The second kappa shape index (κ2) is 7.73. The van der Waals surface area contributed by atoms with Gasteiger partial charge in [0.25, 0.3) is 5.91 Å². The van der Waals surface area contributed by atoms with Gasteiger partial charge in [-0.05, 0) is 49.6 Å². The number of imidazole rings is 1. The van der Waals surface area contributed by atoms with Crippen molar-refractivity contribution in [1.29, 1.82) is 0 Å². The molecule has 2 atom stereocenters. The second-order valence-electron chi connectivity index (χ2n) is 7.93. The summed E-state index contributed by atoms with van der Waals surface area (Å²) in [5.41, 5.74) is 1.02. The lowest BCUT2D eigenvalue weighted by atomic mass is 10.1. The molecule has 32 heavy (non-hydrogen) atoms. The summed E-state index contributed by atoms with van der Waals surface area (Å²) in [4.78, 5) is 37.8. The van der Waals surface area contributed by atoms with Crippen molar-refractivity contribution in [1.82, 2.24) is 23.8 Å². The second-order valence-corrected chi connectivity index (χ2v) is 8.68. The molecule has 1 aromatic carbocycles. The van der Waals surface area contributed by atoms with Gasteiger partial charge in [0.2, 0.25) is 5.91 Å². The van der Waals surface area contributed by atoms with Crippen LogP contribution in [0.15, 0.2) is 24.3 Å². The Bertz CT molecular complexity index is 1210. The molecule has 2 aliphatic rings. The first kappa shape index (κ1) is 20.7. The number of hydrogen-bond acceptors (Lipinski definition) is 6. The van der Waals surface area contributed by atoms with Gasteiger partial charge in [0.05, 0.1) is 24.7 Å². The van der Waals surface area contributed by atoms with Crippen LogP contribution in [0.1, 0.15) is 41.3 Å². The number of aromatic nitrogens is 4. The van der Waals surface area contributed by atoms with Crippen molar-refractivity contribution in [2.75, 3.05) is 18.0 Å². The molecule has 166 valence electrons. The topological polar surface area (TPSA) is 84.2 Å². The summed E-state index contributed by atoms with van der Waals surface area (Å²) >= 11 is 1.20. The monoisotopic (exact) mass is 458 g/mol. The number of benzene rings is 1. The highest BCUT2D eigenvalue weighted by Crippen LogP contribution is 2.39. The Morgan fingerprint density at radius 2 is 1.94 bits per heavy atom. The van der Waals surface area contributed by atoms with Crippen LogP contribution in [0.3, 0.4) is 0 Å². The van der Waals surface area contributed by atoms with Crippen LogP contribution < -0.4 is 4.90 Å². The number of rotatable bonds is 3. The number of nitrogens with zero attached hydrogens (tertiary/aromatic N) is 6. The molecule has 5 rings (SSSR count). The normalized spacial score (nSPS) is 20.7. The maximum Gasteiger partial charge on any atom is 0.254 e. The van der Waals surface area contributed by atoms with Gasteiger partial charge in [-0.15, -0.1) is 0 Å². The Kier molecular flexibility index (Phi) is 5.00. The quantitative estimate of drug-likeness (QED) is 0.602. The van der Waals surface area contributed by atoms with E-state index >= 15 is 0 Å². The standard InChI is InChI=1S/C21H20F2N6O2S/c1-11-17-18(29-10-15(23)9-16(29)30)25-19(20-24-12(2)26-32-20)28(17)8-7-27(11)21(31)13-3-5-14(22)6-4-13/h3-6,11,15H,7-10H2,1-2H3. The summed E-state index contributed by atoms with van der Waals surface area (Å²) in [5.74, 6) is 0.507. The van der Waals surface area contributed by atoms with Crippen molar-refractivity contribution >= 4 is 29.2 Å². The number of alkyl halides is 1. The van der Waals surface area contributed by atoms with Crippen LogP contribution in [-0.4, -0.2) is 54.9 Å². The van der Waals surface area contributed by atoms with E-state index in [1.54, 1.807) is 11.8 Å². The molecule has 2 amide bonds. The average molecular weight is 458 g/mol. The molecule has 0 spiro atoms. The number of anilines is 1. The highest BCUT2D eigenvalue weighted by Gasteiger charge is 2.40. The molecule has 0 aliphatic carbocycles. The number of carbonyl (C=O) groups excluding carboxylic acids is 2. The largest absolute Gasteiger partial charge is 0.328 e. The Morgan fingerprint density at radius 3 is 2.56 bits per heavy atom. The van der Waals surface area contributed by atoms with Crippen LogP contribution in [0.5, 0.6) is 0 Å². The van der Waals surface area contributed by atoms with Gasteiger partial charge >= 0.3 is 0 Å².